The number of hydrogen-bond donors (Lipinski definition) is 0. The maximum absolute atomic E-state index is 12.3. The molecule has 2 aromatic rings. The summed E-state index contributed by atoms with van der Waals surface area (Å²) in [7, 11) is 1.90. The van der Waals surface area contributed by atoms with E-state index in [-0.39, 0.29) is 11.9 Å². The summed E-state index contributed by atoms with van der Waals surface area (Å²) in [5.41, 5.74) is 3.73. The van der Waals surface area contributed by atoms with Gasteiger partial charge in [0.25, 0.3) is 0 Å². The van der Waals surface area contributed by atoms with E-state index in [1.165, 1.54) is 11.1 Å². The van der Waals surface area contributed by atoms with Gasteiger partial charge in [0.05, 0.1) is 0 Å². The van der Waals surface area contributed by atoms with Crippen LogP contribution < -0.4 is 0 Å². The van der Waals surface area contributed by atoms with Crippen LogP contribution in [0.5, 0.6) is 0 Å². The summed E-state index contributed by atoms with van der Waals surface area (Å²) in [4.78, 5) is 18.3. The Kier molecular flexibility index (Phi) is 4.33. The molecule has 1 aliphatic carbocycles. The summed E-state index contributed by atoms with van der Waals surface area (Å²) in [5.74, 6) is 0.0493. The Hall–Kier alpha value is -2.42. The van der Waals surface area contributed by atoms with Gasteiger partial charge in [0.1, 0.15) is 0 Å². The van der Waals surface area contributed by atoms with Gasteiger partial charge in [0, 0.05) is 31.6 Å². The van der Waals surface area contributed by atoms with E-state index in [1.807, 2.05) is 30.2 Å². The molecule has 3 heteroatoms. The molecule has 1 aromatic carbocycles. The van der Waals surface area contributed by atoms with E-state index in [1.54, 1.807) is 18.5 Å². The average Bonchev–Trinajstić information content (AvgIpc) is 2.59. The highest BCUT2D eigenvalue weighted by Crippen LogP contribution is 2.24. The molecule has 1 amide bonds. The largest absolute Gasteiger partial charge is 0.339 e. The Labute approximate surface area is 131 Å². The normalized spacial score (nSPS) is 17.2. The van der Waals surface area contributed by atoms with Crippen molar-refractivity contribution < 1.29 is 4.79 Å². The first-order valence-corrected chi connectivity index (χ1v) is 7.66. The minimum atomic E-state index is 0.0493. The fourth-order valence-corrected chi connectivity index (χ4v) is 2.95. The number of rotatable bonds is 3. The Morgan fingerprint density at radius 3 is 2.82 bits per heavy atom. The van der Waals surface area contributed by atoms with Crippen molar-refractivity contribution in [3.63, 3.8) is 0 Å². The van der Waals surface area contributed by atoms with Gasteiger partial charge in [-0.2, -0.15) is 0 Å². The second-order valence-corrected chi connectivity index (χ2v) is 5.73. The quantitative estimate of drug-likeness (QED) is 0.814. The van der Waals surface area contributed by atoms with E-state index in [2.05, 4.69) is 29.2 Å². The molecule has 3 rings (SSSR count). The second kappa shape index (κ2) is 6.56. The Morgan fingerprint density at radius 2 is 2.05 bits per heavy atom. The van der Waals surface area contributed by atoms with E-state index in [4.69, 9.17) is 0 Å². The number of aryl methyl sites for hydroxylation is 1. The molecule has 0 saturated carbocycles. The van der Waals surface area contributed by atoms with Crippen LogP contribution in [0.25, 0.3) is 6.08 Å². The highest BCUT2D eigenvalue weighted by molar-refractivity contribution is 5.91. The molecule has 0 aliphatic heterocycles. The molecule has 1 heterocycles. The third-order valence-corrected chi connectivity index (χ3v) is 4.32. The Bertz CT molecular complexity index is 679. The van der Waals surface area contributed by atoms with E-state index in [0.29, 0.717) is 0 Å². The van der Waals surface area contributed by atoms with Gasteiger partial charge in [0.2, 0.25) is 5.91 Å². The van der Waals surface area contributed by atoms with Crippen molar-refractivity contribution >= 4 is 12.0 Å². The molecule has 0 N–H and O–H groups in total. The lowest BCUT2D eigenvalue weighted by molar-refractivity contribution is -0.126. The predicted molar refractivity (Wildman–Crippen MR) is 88.3 cm³/mol. The molecule has 112 valence electrons. The lowest BCUT2D eigenvalue weighted by Gasteiger charge is -2.31. The van der Waals surface area contributed by atoms with Crippen LogP contribution >= 0.6 is 0 Å². The summed E-state index contributed by atoms with van der Waals surface area (Å²) in [5, 5.41) is 0. The van der Waals surface area contributed by atoms with Gasteiger partial charge in [-0.15, -0.1) is 0 Å². The van der Waals surface area contributed by atoms with Crippen molar-refractivity contribution in [1.29, 1.82) is 0 Å². The van der Waals surface area contributed by atoms with Crippen LogP contribution in [-0.2, 0) is 17.6 Å². The van der Waals surface area contributed by atoms with Crippen molar-refractivity contribution in [3.05, 3.63) is 71.6 Å². The molecule has 1 aliphatic rings. The van der Waals surface area contributed by atoms with Gasteiger partial charge in [-0.05, 0) is 48.1 Å². The lowest BCUT2D eigenvalue weighted by Crippen LogP contribution is -2.39. The topological polar surface area (TPSA) is 33.2 Å². The number of nitrogens with zero attached hydrogens (tertiary/aromatic N) is 2. The monoisotopic (exact) mass is 292 g/mol. The van der Waals surface area contributed by atoms with E-state index < -0.39 is 0 Å². The first-order chi connectivity index (χ1) is 10.7. The molecule has 1 atom stereocenters. The number of pyridine rings is 1. The van der Waals surface area contributed by atoms with Crippen molar-refractivity contribution in [1.82, 2.24) is 9.88 Å². The average molecular weight is 292 g/mol. The predicted octanol–water partition coefficient (Wildman–Crippen LogP) is 3.11. The number of benzene rings is 1. The van der Waals surface area contributed by atoms with Gasteiger partial charge in [-0.25, -0.2) is 0 Å². The van der Waals surface area contributed by atoms with E-state index >= 15 is 0 Å². The zero-order valence-corrected chi connectivity index (χ0v) is 12.8. The minimum absolute atomic E-state index is 0.0493. The summed E-state index contributed by atoms with van der Waals surface area (Å²) in [6, 6.07) is 12.6. The number of likely N-dealkylation sites (N-methyl/N-ethyl adjacent to an activating group) is 1. The number of amides is 1. The summed E-state index contributed by atoms with van der Waals surface area (Å²) in [6.07, 6.45) is 9.95. The summed E-state index contributed by atoms with van der Waals surface area (Å²) >= 11 is 0. The zero-order chi connectivity index (χ0) is 15.4. The smallest absolute Gasteiger partial charge is 0.246 e. The summed E-state index contributed by atoms with van der Waals surface area (Å²) in [6.45, 7) is 0. The number of carbonyl (C=O) groups is 1. The third-order valence-electron chi connectivity index (χ3n) is 4.32. The standard InChI is InChI=1S/C19H20N2O/c1-21(19(22)11-8-15-5-4-12-20-14-15)18-10-9-16-6-2-3-7-17(16)13-18/h2-8,11-12,14,18H,9-10,13H2,1H3/b11-8-/t18-/m1/s1. The van der Waals surface area contributed by atoms with Crippen LogP contribution in [0.4, 0.5) is 0 Å². The van der Waals surface area contributed by atoms with Crippen molar-refractivity contribution in [2.75, 3.05) is 7.05 Å². The highest BCUT2D eigenvalue weighted by Gasteiger charge is 2.23. The highest BCUT2D eigenvalue weighted by atomic mass is 16.2. The number of hydrogen-bond acceptors (Lipinski definition) is 2. The lowest BCUT2D eigenvalue weighted by atomic mass is 9.87. The molecule has 0 unspecified atom stereocenters. The fraction of sp³-hybridized carbons (Fsp3) is 0.263. The third kappa shape index (κ3) is 3.25. The zero-order valence-electron chi connectivity index (χ0n) is 12.8. The molecule has 0 bridgehead atoms. The number of fused-ring (bicyclic) bond motifs is 1. The van der Waals surface area contributed by atoms with Gasteiger partial charge in [-0.3, -0.25) is 9.78 Å². The molecule has 0 spiro atoms. The fourth-order valence-electron chi connectivity index (χ4n) is 2.95. The molecule has 3 nitrogen and oxygen atoms in total. The molecule has 0 fully saturated rings. The van der Waals surface area contributed by atoms with Gasteiger partial charge in [-0.1, -0.05) is 30.3 Å². The van der Waals surface area contributed by atoms with E-state index in [0.717, 1.165) is 24.8 Å². The van der Waals surface area contributed by atoms with Crippen LogP contribution in [-0.4, -0.2) is 28.9 Å². The van der Waals surface area contributed by atoms with Crippen LogP contribution in [0.15, 0.2) is 54.9 Å². The Balaban J connectivity index is 1.66. The SMILES string of the molecule is CN(C(=O)/C=C\c1cccnc1)[C@@H]1CCc2ccccc2C1. The first kappa shape index (κ1) is 14.5. The van der Waals surface area contributed by atoms with Crippen molar-refractivity contribution in [2.24, 2.45) is 0 Å². The molecule has 0 radical (unpaired) electrons. The van der Waals surface area contributed by atoms with E-state index in [9.17, 15) is 4.79 Å². The Morgan fingerprint density at radius 1 is 1.23 bits per heavy atom. The number of aromatic nitrogens is 1. The molecular formula is C19H20N2O. The maximum atomic E-state index is 12.3. The van der Waals surface area contributed by atoms with Crippen LogP contribution in [0.2, 0.25) is 0 Å². The minimum Gasteiger partial charge on any atom is -0.339 e. The maximum Gasteiger partial charge on any atom is 0.246 e. The number of carbonyl (C=O) groups excluding carboxylic acids is 1. The van der Waals surface area contributed by atoms with Gasteiger partial charge >= 0.3 is 0 Å². The molecule has 1 aromatic heterocycles. The van der Waals surface area contributed by atoms with Crippen molar-refractivity contribution in [3.8, 4) is 0 Å². The van der Waals surface area contributed by atoms with Crippen molar-refractivity contribution in [2.45, 2.75) is 25.3 Å². The van der Waals surface area contributed by atoms with Crippen LogP contribution in [0, 0.1) is 0 Å². The second-order valence-electron chi connectivity index (χ2n) is 5.73. The van der Waals surface area contributed by atoms with Gasteiger partial charge in [0.15, 0.2) is 0 Å². The molecule has 0 saturated heterocycles. The van der Waals surface area contributed by atoms with Crippen LogP contribution in [0.3, 0.4) is 0 Å². The summed E-state index contributed by atoms with van der Waals surface area (Å²) < 4.78 is 0. The molecular weight excluding hydrogens is 272 g/mol. The van der Waals surface area contributed by atoms with Gasteiger partial charge < -0.3 is 4.90 Å². The molecule has 22 heavy (non-hydrogen) atoms. The first-order valence-electron chi connectivity index (χ1n) is 7.66. The van der Waals surface area contributed by atoms with Crippen LogP contribution in [0.1, 0.15) is 23.1 Å².